The highest BCUT2D eigenvalue weighted by Crippen LogP contribution is 2.19. The van der Waals surface area contributed by atoms with E-state index < -0.39 is 23.3 Å². The Bertz CT molecular complexity index is 597. The molecule has 1 aromatic carbocycles. The summed E-state index contributed by atoms with van der Waals surface area (Å²) in [4.78, 5) is 15.5. The van der Waals surface area contributed by atoms with E-state index in [4.69, 9.17) is 0 Å². The van der Waals surface area contributed by atoms with Gasteiger partial charge in [-0.1, -0.05) is 6.07 Å². The van der Waals surface area contributed by atoms with Crippen LogP contribution < -0.4 is 5.32 Å². The molecule has 1 atom stereocenters. The van der Waals surface area contributed by atoms with Crippen LogP contribution in [0.15, 0.2) is 36.9 Å². The third kappa shape index (κ3) is 4.36. The lowest BCUT2D eigenvalue weighted by molar-refractivity contribution is -0.121. The Hall–Kier alpha value is -2.28. The van der Waals surface area contributed by atoms with Gasteiger partial charge in [0.15, 0.2) is 0 Å². The normalized spacial score (nSPS) is 12.1. The molecule has 1 unspecified atom stereocenters. The second-order valence-corrected chi connectivity index (χ2v) is 4.86. The molecule has 2 N–H and O–H groups in total. The average Bonchev–Trinajstić information content (AvgIpc) is 2.98. The molecule has 0 aliphatic rings. The van der Waals surface area contributed by atoms with Crippen molar-refractivity contribution in [1.82, 2.24) is 14.9 Å². The second kappa shape index (κ2) is 7.65. The molecule has 0 fully saturated rings. The van der Waals surface area contributed by atoms with Crippen molar-refractivity contribution >= 4 is 5.91 Å². The number of halogens is 2. The third-order valence-electron chi connectivity index (χ3n) is 3.20. The van der Waals surface area contributed by atoms with Crippen molar-refractivity contribution in [2.75, 3.05) is 6.54 Å². The van der Waals surface area contributed by atoms with Gasteiger partial charge in [-0.05, 0) is 18.6 Å². The number of aliphatic hydroxyl groups excluding tert-OH is 1. The number of carbonyl (C=O) groups is 1. The Labute approximate surface area is 126 Å². The summed E-state index contributed by atoms with van der Waals surface area (Å²) in [6, 6.07) is 3.35. The first kappa shape index (κ1) is 16.1. The zero-order valence-corrected chi connectivity index (χ0v) is 11.9. The maximum Gasteiger partial charge on any atom is 0.220 e. The molecule has 0 radical (unpaired) electrons. The minimum atomic E-state index is -1.42. The highest BCUT2D eigenvalue weighted by Gasteiger charge is 2.18. The fourth-order valence-corrected chi connectivity index (χ4v) is 2.07. The van der Waals surface area contributed by atoms with Gasteiger partial charge in [-0.2, -0.15) is 0 Å². The van der Waals surface area contributed by atoms with Crippen molar-refractivity contribution in [2.45, 2.75) is 25.5 Å². The molecular weight excluding hydrogens is 292 g/mol. The number of nitrogens with one attached hydrogen (secondary N) is 1. The molecule has 2 aromatic rings. The number of aryl methyl sites for hydroxylation is 1. The molecule has 0 spiro atoms. The summed E-state index contributed by atoms with van der Waals surface area (Å²) in [5, 5.41) is 12.3. The van der Waals surface area contributed by atoms with Crippen LogP contribution in [0.25, 0.3) is 0 Å². The lowest BCUT2D eigenvalue weighted by atomic mass is 10.1. The lowest BCUT2D eigenvalue weighted by Gasteiger charge is -2.14. The van der Waals surface area contributed by atoms with E-state index in [9.17, 15) is 18.7 Å². The molecule has 0 bridgehead atoms. The number of rotatable bonds is 7. The SMILES string of the molecule is O=C(CCCn1ccnc1)NCC(O)c1c(F)cccc1F. The summed E-state index contributed by atoms with van der Waals surface area (Å²) in [6.07, 6.45) is 4.54. The van der Waals surface area contributed by atoms with Crippen molar-refractivity contribution in [3.05, 3.63) is 54.1 Å². The van der Waals surface area contributed by atoms with Gasteiger partial charge in [0.1, 0.15) is 17.7 Å². The molecular formula is C15H17F2N3O2. The van der Waals surface area contributed by atoms with Crippen LogP contribution in [0.3, 0.4) is 0 Å². The third-order valence-corrected chi connectivity index (χ3v) is 3.20. The smallest absolute Gasteiger partial charge is 0.220 e. The Morgan fingerprint density at radius 3 is 2.73 bits per heavy atom. The zero-order chi connectivity index (χ0) is 15.9. The molecule has 1 aromatic heterocycles. The van der Waals surface area contributed by atoms with Gasteiger partial charge in [0.2, 0.25) is 5.91 Å². The quantitative estimate of drug-likeness (QED) is 0.819. The maximum atomic E-state index is 13.5. The van der Waals surface area contributed by atoms with Crippen LogP contribution in [0.1, 0.15) is 24.5 Å². The predicted octanol–water partition coefficient (Wildman–Crippen LogP) is 1.79. The van der Waals surface area contributed by atoms with E-state index in [-0.39, 0.29) is 18.9 Å². The van der Waals surface area contributed by atoms with Crippen LogP contribution in [0, 0.1) is 11.6 Å². The summed E-state index contributed by atoms with van der Waals surface area (Å²) < 4.78 is 28.8. The molecule has 118 valence electrons. The van der Waals surface area contributed by atoms with Crippen molar-refractivity contribution < 1.29 is 18.7 Å². The molecule has 2 rings (SSSR count). The minimum absolute atomic E-state index is 0.234. The van der Waals surface area contributed by atoms with Gasteiger partial charge in [0.05, 0.1) is 11.9 Å². The second-order valence-electron chi connectivity index (χ2n) is 4.86. The first-order valence-corrected chi connectivity index (χ1v) is 6.92. The van der Waals surface area contributed by atoms with Gasteiger partial charge >= 0.3 is 0 Å². The molecule has 7 heteroatoms. The van der Waals surface area contributed by atoms with Crippen LogP contribution in [0.4, 0.5) is 8.78 Å². The molecule has 1 heterocycles. The fourth-order valence-electron chi connectivity index (χ4n) is 2.07. The Balaban J connectivity index is 1.76. The van der Waals surface area contributed by atoms with E-state index in [1.54, 1.807) is 18.7 Å². The van der Waals surface area contributed by atoms with Crippen LogP contribution in [-0.2, 0) is 11.3 Å². The first-order chi connectivity index (χ1) is 10.6. The summed E-state index contributed by atoms with van der Waals surface area (Å²) >= 11 is 0. The number of benzene rings is 1. The predicted molar refractivity (Wildman–Crippen MR) is 75.8 cm³/mol. The molecule has 0 saturated heterocycles. The molecule has 5 nitrogen and oxygen atoms in total. The number of carbonyl (C=O) groups excluding carboxylic acids is 1. The van der Waals surface area contributed by atoms with Crippen molar-refractivity contribution in [2.24, 2.45) is 0 Å². The molecule has 0 aliphatic carbocycles. The van der Waals surface area contributed by atoms with E-state index in [2.05, 4.69) is 10.3 Å². The highest BCUT2D eigenvalue weighted by molar-refractivity contribution is 5.75. The molecule has 22 heavy (non-hydrogen) atoms. The number of aromatic nitrogens is 2. The average molecular weight is 309 g/mol. The van der Waals surface area contributed by atoms with Crippen molar-refractivity contribution in [3.63, 3.8) is 0 Å². The van der Waals surface area contributed by atoms with E-state index in [1.165, 1.54) is 6.07 Å². The Morgan fingerprint density at radius 2 is 2.09 bits per heavy atom. The lowest BCUT2D eigenvalue weighted by Crippen LogP contribution is -2.29. The minimum Gasteiger partial charge on any atom is -0.386 e. The fraction of sp³-hybridized carbons (Fsp3) is 0.333. The number of aliphatic hydroxyl groups is 1. The summed E-state index contributed by atoms with van der Waals surface area (Å²) in [7, 11) is 0. The van der Waals surface area contributed by atoms with Crippen LogP contribution in [-0.4, -0.2) is 27.1 Å². The van der Waals surface area contributed by atoms with Gasteiger partial charge < -0.3 is 15.0 Å². The topological polar surface area (TPSA) is 67.2 Å². The van der Waals surface area contributed by atoms with E-state index in [0.29, 0.717) is 13.0 Å². The number of nitrogens with zero attached hydrogens (tertiary/aromatic N) is 2. The van der Waals surface area contributed by atoms with Crippen molar-refractivity contribution in [1.29, 1.82) is 0 Å². The highest BCUT2D eigenvalue weighted by atomic mass is 19.1. The summed E-state index contributed by atoms with van der Waals surface area (Å²) in [5.74, 6) is -1.94. The number of amides is 1. The monoisotopic (exact) mass is 309 g/mol. The zero-order valence-electron chi connectivity index (χ0n) is 11.9. The standard InChI is InChI=1S/C15H17F2N3O2/c16-11-3-1-4-12(17)15(11)13(21)9-19-14(22)5-2-7-20-8-6-18-10-20/h1,3-4,6,8,10,13,21H,2,5,7,9H2,(H,19,22). The largest absolute Gasteiger partial charge is 0.386 e. The summed E-state index contributed by atoms with van der Waals surface area (Å²) in [6.45, 7) is 0.416. The van der Waals surface area contributed by atoms with E-state index in [0.717, 1.165) is 12.1 Å². The summed E-state index contributed by atoms with van der Waals surface area (Å²) in [5.41, 5.74) is -0.429. The van der Waals surface area contributed by atoms with Gasteiger partial charge in [0.25, 0.3) is 0 Å². The van der Waals surface area contributed by atoms with E-state index >= 15 is 0 Å². The van der Waals surface area contributed by atoms with Crippen LogP contribution in [0.5, 0.6) is 0 Å². The number of hydrogen-bond acceptors (Lipinski definition) is 3. The van der Waals surface area contributed by atoms with Gasteiger partial charge in [-0.3, -0.25) is 4.79 Å². The Morgan fingerprint density at radius 1 is 1.36 bits per heavy atom. The van der Waals surface area contributed by atoms with E-state index in [1.807, 2.05) is 4.57 Å². The van der Waals surface area contributed by atoms with Crippen molar-refractivity contribution in [3.8, 4) is 0 Å². The first-order valence-electron chi connectivity index (χ1n) is 6.92. The number of imidazole rings is 1. The van der Waals surface area contributed by atoms with Crippen LogP contribution >= 0.6 is 0 Å². The van der Waals surface area contributed by atoms with Crippen LogP contribution in [0.2, 0.25) is 0 Å². The molecule has 0 aliphatic heterocycles. The molecule has 0 saturated carbocycles. The van der Waals surface area contributed by atoms with Gasteiger partial charge in [0, 0.05) is 31.9 Å². The van der Waals surface area contributed by atoms with Gasteiger partial charge in [-0.25, -0.2) is 13.8 Å². The maximum absolute atomic E-state index is 13.5. The Kier molecular flexibility index (Phi) is 5.60. The molecule has 1 amide bonds. The van der Waals surface area contributed by atoms with Gasteiger partial charge in [-0.15, -0.1) is 0 Å². The number of hydrogen-bond donors (Lipinski definition) is 2.